The van der Waals surface area contributed by atoms with E-state index >= 15 is 0 Å². The highest BCUT2D eigenvalue weighted by molar-refractivity contribution is 9.10. The van der Waals surface area contributed by atoms with Crippen LogP contribution in [0.1, 0.15) is 10.4 Å². The van der Waals surface area contributed by atoms with Crippen molar-refractivity contribution < 1.29 is 19.2 Å². The normalized spacial score (nSPS) is 10.0. The van der Waals surface area contributed by atoms with Crippen molar-refractivity contribution in [2.75, 3.05) is 13.2 Å². The quantitative estimate of drug-likeness (QED) is 0.324. The smallest absolute Gasteiger partial charge is 0.270 e. The first kappa shape index (κ1) is 16.0. The van der Waals surface area contributed by atoms with Gasteiger partial charge in [-0.25, -0.2) is 0 Å². The topological polar surface area (TPSA) is 78.7 Å². The number of ether oxygens (including phenoxy) is 2. The first-order valence-electron chi connectivity index (χ1n) is 6.35. The highest BCUT2D eigenvalue weighted by Crippen LogP contribution is 2.23. The van der Waals surface area contributed by atoms with Gasteiger partial charge in [0.15, 0.2) is 6.29 Å². The molecular formula is C15H12BrNO5. The van der Waals surface area contributed by atoms with Gasteiger partial charge in [-0.3, -0.25) is 14.9 Å². The van der Waals surface area contributed by atoms with Crippen LogP contribution in [0.5, 0.6) is 11.5 Å². The molecule has 22 heavy (non-hydrogen) atoms. The number of halogens is 1. The molecule has 2 rings (SSSR count). The summed E-state index contributed by atoms with van der Waals surface area (Å²) in [5, 5.41) is 10.7. The van der Waals surface area contributed by atoms with Crippen molar-refractivity contribution >= 4 is 27.9 Å². The minimum absolute atomic E-state index is 0.136. The average Bonchev–Trinajstić information content (AvgIpc) is 2.51. The van der Waals surface area contributed by atoms with Crippen LogP contribution >= 0.6 is 15.9 Å². The van der Waals surface area contributed by atoms with E-state index in [-0.39, 0.29) is 24.5 Å². The predicted molar refractivity (Wildman–Crippen MR) is 83.6 cm³/mol. The molecule has 0 spiro atoms. The second kappa shape index (κ2) is 7.56. The average molecular weight is 366 g/mol. The lowest BCUT2D eigenvalue weighted by Gasteiger charge is -2.10. The molecule has 0 aliphatic heterocycles. The van der Waals surface area contributed by atoms with Crippen LogP contribution in [-0.4, -0.2) is 24.4 Å². The highest BCUT2D eigenvalue weighted by Gasteiger charge is 2.11. The van der Waals surface area contributed by atoms with Gasteiger partial charge in [-0.2, -0.15) is 0 Å². The maximum absolute atomic E-state index is 11.0. The molecule has 0 heterocycles. The van der Waals surface area contributed by atoms with Crippen LogP contribution in [-0.2, 0) is 0 Å². The number of rotatable bonds is 7. The number of carbonyl (C=O) groups excluding carboxylic acids is 1. The number of non-ortho nitro benzene ring substituents is 1. The molecule has 7 heteroatoms. The van der Waals surface area contributed by atoms with E-state index < -0.39 is 4.92 Å². The van der Waals surface area contributed by atoms with Crippen LogP contribution in [0.15, 0.2) is 46.9 Å². The lowest BCUT2D eigenvalue weighted by Crippen LogP contribution is -2.10. The summed E-state index contributed by atoms with van der Waals surface area (Å²) in [7, 11) is 0. The van der Waals surface area contributed by atoms with Crippen molar-refractivity contribution in [2.45, 2.75) is 0 Å². The Hall–Kier alpha value is -2.41. The fraction of sp³-hybridized carbons (Fsp3) is 0.133. The molecule has 0 unspecified atom stereocenters. The fourth-order valence-electron chi connectivity index (χ4n) is 1.74. The zero-order chi connectivity index (χ0) is 15.9. The molecule has 0 saturated heterocycles. The van der Waals surface area contributed by atoms with E-state index in [0.29, 0.717) is 17.8 Å². The van der Waals surface area contributed by atoms with E-state index in [2.05, 4.69) is 15.9 Å². The summed E-state index contributed by atoms with van der Waals surface area (Å²) in [5.41, 5.74) is -0.0171. The van der Waals surface area contributed by atoms with Crippen molar-refractivity contribution in [3.05, 3.63) is 62.6 Å². The minimum atomic E-state index is -0.562. The molecule has 0 atom stereocenters. The summed E-state index contributed by atoms with van der Waals surface area (Å²) < 4.78 is 11.8. The first-order valence-corrected chi connectivity index (χ1v) is 7.14. The van der Waals surface area contributed by atoms with E-state index in [9.17, 15) is 14.9 Å². The van der Waals surface area contributed by atoms with E-state index in [1.807, 2.05) is 24.3 Å². The van der Waals surface area contributed by atoms with E-state index in [4.69, 9.17) is 9.47 Å². The van der Waals surface area contributed by atoms with Crippen LogP contribution < -0.4 is 9.47 Å². The molecule has 0 bridgehead atoms. The number of benzene rings is 2. The van der Waals surface area contributed by atoms with Gasteiger partial charge in [0.25, 0.3) is 5.69 Å². The Morgan fingerprint density at radius 1 is 1.14 bits per heavy atom. The number of aldehydes is 1. The van der Waals surface area contributed by atoms with Crippen molar-refractivity contribution in [2.24, 2.45) is 0 Å². The van der Waals surface area contributed by atoms with Gasteiger partial charge in [0.1, 0.15) is 24.7 Å². The SMILES string of the molecule is O=Cc1cc([N+](=O)[O-])ccc1OCCOc1cccc(Br)c1. The summed E-state index contributed by atoms with van der Waals surface area (Å²) in [4.78, 5) is 21.0. The minimum Gasteiger partial charge on any atom is -0.490 e. The van der Waals surface area contributed by atoms with E-state index in [0.717, 1.165) is 4.47 Å². The molecule has 0 N–H and O–H groups in total. The maximum Gasteiger partial charge on any atom is 0.270 e. The number of nitro groups is 1. The summed E-state index contributed by atoms with van der Waals surface area (Å²) in [6, 6.07) is 11.2. The Bertz CT molecular complexity index is 689. The molecule has 2 aromatic rings. The van der Waals surface area contributed by atoms with Gasteiger partial charge in [-0.1, -0.05) is 22.0 Å². The van der Waals surface area contributed by atoms with Crippen LogP contribution in [0.2, 0.25) is 0 Å². The maximum atomic E-state index is 11.0. The number of nitrogens with zero attached hydrogens (tertiary/aromatic N) is 1. The van der Waals surface area contributed by atoms with Gasteiger partial charge in [-0.05, 0) is 24.3 Å². The molecule has 114 valence electrons. The van der Waals surface area contributed by atoms with Crippen molar-refractivity contribution in [1.82, 2.24) is 0 Å². The van der Waals surface area contributed by atoms with Crippen LogP contribution in [0, 0.1) is 10.1 Å². The molecule has 2 aromatic carbocycles. The lowest BCUT2D eigenvalue weighted by atomic mass is 10.2. The Morgan fingerprint density at radius 2 is 1.91 bits per heavy atom. The zero-order valence-corrected chi connectivity index (χ0v) is 13.0. The van der Waals surface area contributed by atoms with Crippen molar-refractivity contribution in [3.63, 3.8) is 0 Å². The molecule has 0 aromatic heterocycles. The van der Waals surface area contributed by atoms with Gasteiger partial charge in [0.05, 0.1) is 10.5 Å². The summed E-state index contributed by atoms with van der Waals surface area (Å²) in [5.74, 6) is 0.982. The fourth-order valence-corrected chi connectivity index (χ4v) is 2.12. The summed E-state index contributed by atoms with van der Waals surface area (Å²) >= 11 is 3.34. The second-order valence-corrected chi connectivity index (χ2v) is 5.17. The molecule has 0 aliphatic rings. The highest BCUT2D eigenvalue weighted by atomic mass is 79.9. The largest absolute Gasteiger partial charge is 0.490 e. The Kier molecular flexibility index (Phi) is 5.48. The lowest BCUT2D eigenvalue weighted by molar-refractivity contribution is -0.384. The third-order valence-corrected chi connectivity index (χ3v) is 3.23. The molecule has 0 amide bonds. The molecule has 0 radical (unpaired) electrons. The first-order chi connectivity index (χ1) is 10.6. The van der Waals surface area contributed by atoms with E-state index in [1.165, 1.54) is 18.2 Å². The Morgan fingerprint density at radius 3 is 2.59 bits per heavy atom. The standard InChI is InChI=1S/C15H12BrNO5/c16-12-2-1-3-14(9-12)21-6-7-22-15-5-4-13(17(19)20)8-11(15)10-18/h1-5,8-10H,6-7H2. The van der Waals surface area contributed by atoms with Gasteiger partial charge in [-0.15, -0.1) is 0 Å². The van der Waals surface area contributed by atoms with Crippen LogP contribution in [0.25, 0.3) is 0 Å². The Balaban J connectivity index is 1.91. The number of carbonyl (C=O) groups is 1. The third kappa shape index (κ3) is 4.29. The predicted octanol–water partition coefficient (Wildman–Crippen LogP) is 3.63. The Labute approximate surface area is 134 Å². The third-order valence-electron chi connectivity index (χ3n) is 2.74. The summed E-state index contributed by atoms with van der Waals surface area (Å²) in [6.45, 7) is 0.497. The summed E-state index contributed by atoms with van der Waals surface area (Å²) in [6.07, 6.45) is 0.525. The van der Waals surface area contributed by atoms with Gasteiger partial charge in [0.2, 0.25) is 0 Å². The number of hydrogen-bond donors (Lipinski definition) is 0. The van der Waals surface area contributed by atoms with Gasteiger partial charge in [0, 0.05) is 16.6 Å². The number of hydrogen-bond acceptors (Lipinski definition) is 5. The molecule has 6 nitrogen and oxygen atoms in total. The molecule has 0 aliphatic carbocycles. The molecule has 0 saturated carbocycles. The van der Waals surface area contributed by atoms with Crippen molar-refractivity contribution in [3.8, 4) is 11.5 Å². The second-order valence-electron chi connectivity index (χ2n) is 4.25. The zero-order valence-electron chi connectivity index (χ0n) is 11.4. The van der Waals surface area contributed by atoms with Crippen LogP contribution in [0.4, 0.5) is 5.69 Å². The molecular weight excluding hydrogens is 354 g/mol. The van der Waals surface area contributed by atoms with Crippen LogP contribution in [0.3, 0.4) is 0 Å². The monoisotopic (exact) mass is 365 g/mol. The van der Waals surface area contributed by atoms with Gasteiger partial charge >= 0.3 is 0 Å². The van der Waals surface area contributed by atoms with Gasteiger partial charge < -0.3 is 9.47 Å². The van der Waals surface area contributed by atoms with Crippen molar-refractivity contribution in [1.29, 1.82) is 0 Å². The molecule has 0 fully saturated rings. The van der Waals surface area contributed by atoms with E-state index in [1.54, 1.807) is 0 Å². The number of nitro benzene ring substituents is 1.